The summed E-state index contributed by atoms with van der Waals surface area (Å²) in [6.45, 7) is 6.53. The van der Waals surface area contributed by atoms with E-state index in [1.54, 1.807) is 0 Å². The van der Waals surface area contributed by atoms with E-state index in [1.165, 1.54) is 41.4 Å². The van der Waals surface area contributed by atoms with Crippen molar-refractivity contribution in [1.82, 2.24) is 10.2 Å². The lowest BCUT2D eigenvalue weighted by Gasteiger charge is -2.17. The summed E-state index contributed by atoms with van der Waals surface area (Å²) in [6, 6.07) is 6.76. The molecule has 0 radical (unpaired) electrons. The number of rotatable bonds is 8. The number of halogens is 1. The molecular weight excluding hydrogens is 300 g/mol. The minimum absolute atomic E-state index is 0.960. The van der Waals surface area contributed by atoms with Crippen LogP contribution in [0.25, 0.3) is 0 Å². The summed E-state index contributed by atoms with van der Waals surface area (Å²) in [4.78, 5) is 2.44. The van der Waals surface area contributed by atoms with Crippen LogP contribution < -0.4 is 5.32 Å². The summed E-state index contributed by atoms with van der Waals surface area (Å²) in [5.41, 5.74) is 2.75. The van der Waals surface area contributed by atoms with Crippen molar-refractivity contribution in [2.75, 3.05) is 20.1 Å². The highest BCUT2D eigenvalue weighted by Crippen LogP contribution is 2.30. The number of hydrogen-bond donors (Lipinski definition) is 1. The SMILES string of the molecule is CCCNCc1ccc(CN(C)CC2CC2)c(Br)c1. The Hall–Kier alpha value is -0.380. The standard InChI is InChI=1S/C16H25BrN2/c1-3-8-18-10-14-6-7-15(16(17)9-14)12-19(2)11-13-4-5-13/h6-7,9,13,18H,3-5,8,10-12H2,1-2H3. The lowest BCUT2D eigenvalue weighted by Crippen LogP contribution is -2.20. The minimum Gasteiger partial charge on any atom is -0.313 e. The van der Waals surface area contributed by atoms with Crippen LogP contribution in [0.4, 0.5) is 0 Å². The van der Waals surface area contributed by atoms with Crippen LogP contribution in [0.5, 0.6) is 0 Å². The van der Waals surface area contributed by atoms with E-state index in [0.717, 1.165) is 25.6 Å². The molecule has 1 aromatic rings. The summed E-state index contributed by atoms with van der Waals surface area (Å²) in [7, 11) is 2.22. The predicted octanol–water partition coefficient (Wildman–Crippen LogP) is 3.79. The molecule has 1 N–H and O–H groups in total. The monoisotopic (exact) mass is 324 g/mol. The molecule has 2 nitrogen and oxygen atoms in total. The van der Waals surface area contributed by atoms with Gasteiger partial charge in [-0.15, -0.1) is 0 Å². The molecule has 0 amide bonds. The molecular formula is C16H25BrN2. The van der Waals surface area contributed by atoms with Crippen LogP contribution in [0, 0.1) is 5.92 Å². The maximum atomic E-state index is 3.71. The zero-order chi connectivity index (χ0) is 13.7. The van der Waals surface area contributed by atoms with Gasteiger partial charge in [0.2, 0.25) is 0 Å². The Morgan fingerprint density at radius 1 is 1.37 bits per heavy atom. The van der Waals surface area contributed by atoms with Gasteiger partial charge in [-0.05, 0) is 56.0 Å². The highest BCUT2D eigenvalue weighted by molar-refractivity contribution is 9.10. The topological polar surface area (TPSA) is 15.3 Å². The van der Waals surface area contributed by atoms with Gasteiger partial charge < -0.3 is 10.2 Å². The summed E-state index contributed by atoms with van der Waals surface area (Å²) >= 11 is 3.71. The van der Waals surface area contributed by atoms with Crippen LogP contribution in [0.15, 0.2) is 22.7 Å². The van der Waals surface area contributed by atoms with Crippen LogP contribution in [0.3, 0.4) is 0 Å². The Labute approximate surface area is 125 Å². The molecule has 1 saturated carbocycles. The summed E-state index contributed by atoms with van der Waals surface area (Å²) in [6.07, 6.45) is 4.03. The first-order chi connectivity index (χ1) is 9.19. The molecule has 1 aliphatic rings. The molecule has 106 valence electrons. The molecule has 0 saturated heterocycles. The molecule has 1 fully saturated rings. The predicted molar refractivity (Wildman–Crippen MR) is 85.2 cm³/mol. The van der Waals surface area contributed by atoms with Crippen LogP contribution in [0.1, 0.15) is 37.3 Å². The van der Waals surface area contributed by atoms with E-state index in [0.29, 0.717) is 0 Å². The smallest absolute Gasteiger partial charge is 0.0242 e. The van der Waals surface area contributed by atoms with Crippen molar-refractivity contribution >= 4 is 15.9 Å². The first-order valence-electron chi connectivity index (χ1n) is 7.35. The van der Waals surface area contributed by atoms with Gasteiger partial charge in [-0.25, -0.2) is 0 Å². The van der Waals surface area contributed by atoms with Gasteiger partial charge in [0.1, 0.15) is 0 Å². The van der Waals surface area contributed by atoms with E-state index in [-0.39, 0.29) is 0 Å². The van der Waals surface area contributed by atoms with E-state index in [2.05, 4.69) is 58.3 Å². The fourth-order valence-corrected chi connectivity index (χ4v) is 2.89. The number of nitrogens with zero attached hydrogens (tertiary/aromatic N) is 1. The lowest BCUT2D eigenvalue weighted by atomic mass is 10.1. The van der Waals surface area contributed by atoms with Crippen LogP contribution in [0.2, 0.25) is 0 Å². The molecule has 0 aliphatic heterocycles. The van der Waals surface area contributed by atoms with E-state index < -0.39 is 0 Å². The van der Waals surface area contributed by atoms with Gasteiger partial charge in [0, 0.05) is 24.1 Å². The second-order valence-corrected chi connectivity index (χ2v) is 6.60. The Morgan fingerprint density at radius 3 is 2.79 bits per heavy atom. The van der Waals surface area contributed by atoms with Gasteiger partial charge in [-0.1, -0.05) is 35.0 Å². The quantitative estimate of drug-likeness (QED) is 0.732. The summed E-state index contributed by atoms with van der Waals surface area (Å²) in [5, 5.41) is 3.44. The average Bonchev–Trinajstić information content (AvgIpc) is 3.17. The van der Waals surface area contributed by atoms with Crippen LogP contribution >= 0.6 is 15.9 Å². The minimum atomic E-state index is 0.960. The van der Waals surface area contributed by atoms with E-state index in [9.17, 15) is 0 Å². The first kappa shape index (κ1) is 15.0. The molecule has 0 aromatic heterocycles. The molecule has 1 aromatic carbocycles. The van der Waals surface area contributed by atoms with Gasteiger partial charge in [-0.2, -0.15) is 0 Å². The van der Waals surface area contributed by atoms with E-state index in [4.69, 9.17) is 0 Å². The highest BCUT2D eigenvalue weighted by Gasteiger charge is 2.22. The van der Waals surface area contributed by atoms with Crippen LogP contribution in [-0.2, 0) is 13.1 Å². The molecule has 1 aliphatic carbocycles. The largest absolute Gasteiger partial charge is 0.313 e. The van der Waals surface area contributed by atoms with E-state index >= 15 is 0 Å². The Balaban J connectivity index is 1.86. The molecule has 19 heavy (non-hydrogen) atoms. The molecule has 0 unspecified atom stereocenters. The third-order valence-electron chi connectivity index (χ3n) is 3.58. The maximum Gasteiger partial charge on any atom is 0.0242 e. The average molecular weight is 325 g/mol. The zero-order valence-electron chi connectivity index (χ0n) is 12.1. The normalized spacial score (nSPS) is 15.2. The highest BCUT2D eigenvalue weighted by atomic mass is 79.9. The Morgan fingerprint density at radius 2 is 2.16 bits per heavy atom. The molecule has 0 heterocycles. The third kappa shape index (κ3) is 5.25. The van der Waals surface area contributed by atoms with Crippen molar-refractivity contribution in [3.8, 4) is 0 Å². The Bertz CT molecular complexity index is 402. The first-order valence-corrected chi connectivity index (χ1v) is 8.15. The number of hydrogen-bond acceptors (Lipinski definition) is 2. The van der Waals surface area contributed by atoms with Gasteiger partial charge in [-0.3, -0.25) is 0 Å². The van der Waals surface area contributed by atoms with Crippen molar-refractivity contribution in [3.63, 3.8) is 0 Å². The van der Waals surface area contributed by atoms with Crippen molar-refractivity contribution in [3.05, 3.63) is 33.8 Å². The van der Waals surface area contributed by atoms with Gasteiger partial charge in [0.25, 0.3) is 0 Å². The number of nitrogens with one attached hydrogen (secondary N) is 1. The second kappa shape index (κ2) is 7.41. The zero-order valence-corrected chi connectivity index (χ0v) is 13.7. The van der Waals surface area contributed by atoms with Gasteiger partial charge in [0.15, 0.2) is 0 Å². The number of benzene rings is 1. The van der Waals surface area contributed by atoms with E-state index in [1.807, 2.05) is 0 Å². The molecule has 2 rings (SSSR count). The van der Waals surface area contributed by atoms with Gasteiger partial charge >= 0.3 is 0 Å². The van der Waals surface area contributed by atoms with Crippen molar-refractivity contribution in [2.45, 2.75) is 39.3 Å². The summed E-state index contributed by atoms with van der Waals surface area (Å²) in [5.74, 6) is 0.960. The summed E-state index contributed by atoms with van der Waals surface area (Å²) < 4.78 is 1.24. The third-order valence-corrected chi connectivity index (χ3v) is 4.32. The lowest BCUT2D eigenvalue weighted by molar-refractivity contribution is 0.312. The second-order valence-electron chi connectivity index (χ2n) is 5.74. The molecule has 0 spiro atoms. The van der Waals surface area contributed by atoms with Crippen molar-refractivity contribution in [1.29, 1.82) is 0 Å². The molecule has 3 heteroatoms. The van der Waals surface area contributed by atoms with Gasteiger partial charge in [0.05, 0.1) is 0 Å². The molecule has 0 bridgehead atoms. The maximum absolute atomic E-state index is 3.71. The van der Waals surface area contributed by atoms with Crippen LogP contribution in [-0.4, -0.2) is 25.0 Å². The Kier molecular flexibility index (Phi) is 5.86. The van der Waals surface area contributed by atoms with Crippen molar-refractivity contribution in [2.24, 2.45) is 5.92 Å². The van der Waals surface area contributed by atoms with Crippen molar-refractivity contribution < 1.29 is 0 Å². The fraction of sp³-hybridized carbons (Fsp3) is 0.625. The molecule has 0 atom stereocenters. The fourth-order valence-electron chi connectivity index (χ4n) is 2.34.